The first-order chi connectivity index (χ1) is 12.6. The molecule has 0 saturated carbocycles. The van der Waals surface area contributed by atoms with Crippen LogP contribution in [0.3, 0.4) is 0 Å². The van der Waals surface area contributed by atoms with Crippen LogP contribution in [-0.2, 0) is 11.3 Å². The first kappa shape index (κ1) is 17.7. The molecular weight excluding hydrogens is 330 g/mol. The fraction of sp³-hybridized carbons (Fsp3) is 0.316. The van der Waals surface area contributed by atoms with Gasteiger partial charge in [-0.15, -0.1) is 0 Å². The second kappa shape index (κ2) is 8.33. The van der Waals surface area contributed by atoms with Gasteiger partial charge < -0.3 is 20.4 Å². The SMILES string of the molecule is CC(=O)Nc1cccc(N2CCN(C(=O)NCc3ccccn3)CC2)c1. The molecule has 26 heavy (non-hydrogen) atoms. The highest BCUT2D eigenvalue weighted by atomic mass is 16.2. The molecule has 2 N–H and O–H groups in total. The van der Waals surface area contributed by atoms with Crippen LogP contribution in [0.1, 0.15) is 12.6 Å². The van der Waals surface area contributed by atoms with Gasteiger partial charge >= 0.3 is 6.03 Å². The number of nitrogens with one attached hydrogen (secondary N) is 2. The van der Waals surface area contributed by atoms with E-state index in [0.29, 0.717) is 19.6 Å². The maximum atomic E-state index is 12.3. The van der Waals surface area contributed by atoms with Crippen molar-refractivity contribution >= 4 is 23.3 Å². The summed E-state index contributed by atoms with van der Waals surface area (Å²) in [5.41, 5.74) is 2.67. The van der Waals surface area contributed by atoms with Crippen LogP contribution in [0.2, 0.25) is 0 Å². The molecule has 3 amide bonds. The molecule has 0 radical (unpaired) electrons. The normalized spacial score (nSPS) is 14.0. The van der Waals surface area contributed by atoms with Gasteiger partial charge in [-0.2, -0.15) is 0 Å². The Kier molecular flexibility index (Phi) is 5.68. The molecule has 3 rings (SSSR count). The first-order valence-corrected chi connectivity index (χ1v) is 8.67. The molecule has 1 fully saturated rings. The van der Waals surface area contributed by atoms with Crippen LogP contribution in [-0.4, -0.2) is 48.0 Å². The summed E-state index contributed by atoms with van der Waals surface area (Å²) in [7, 11) is 0. The Labute approximate surface area is 153 Å². The Balaban J connectivity index is 1.51. The number of aromatic nitrogens is 1. The Bertz CT molecular complexity index is 758. The minimum atomic E-state index is -0.0865. The summed E-state index contributed by atoms with van der Waals surface area (Å²) in [6, 6.07) is 13.3. The van der Waals surface area contributed by atoms with E-state index in [0.717, 1.165) is 30.2 Å². The van der Waals surface area contributed by atoms with Gasteiger partial charge in [0.2, 0.25) is 5.91 Å². The van der Waals surface area contributed by atoms with Crippen LogP contribution in [0.4, 0.5) is 16.2 Å². The van der Waals surface area contributed by atoms with Gasteiger partial charge in [-0.25, -0.2) is 4.79 Å². The predicted octanol–water partition coefficient (Wildman–Crippen LogP) is 2.07. The van der Waals surface area contributed by atoms with E-state index in [4.69, 9.17) is 0 Å². The van der Waals surface area contributed by atoms with Crippen LogP contribution in [0.5, 0.6) is 0 Å². The summed E-state index contributed by atoms with van der Waals surface area (Å²) < 4.78 is 0. The fourth-order valence-corrected chi connectivity index (χ4v) is 2.93. The standard InChI is InChI=1S/C19H23N5O2/c1-15(25)22-16-6-4-7-18(13-16)23-9-11-24(12-10-23)19(26)21-14-17-5-2-3-8-20-17/h2-8,13H,9-12,14H2,1H3,(H,21,26)(H,22,25). The molecule has 7 nitrogen and oxygen atoms in total. The number of anilines is 2. The minimum absolute atomic E-state index is 0.0673. The topological polar surface area (TPSA) is 77.6 Å². The molecule has 1 aliphatic rings. The zero-order chi connectivity index (χ0) is 18.4. The zero-order valence-electron chi connectivity index (χ0n) is 14.8. The number of benzene rings is 1. The Hall–Kier alpha value is -3.09. The van der Waals surface area contributed by atoms with Crippen molar-refractivity contribution < 1.29 is 9.59 Å². The zero-order valence-corrected chi connectivity index (χ0v) is 14.8. The van der Waals surface area contributed by atoms with Crippen molar-refractivity contribution in [3.05, 3.63) is 54.4 Å². The highest BCUT2D eigenvalue weighted by Crippen LogP contribution is 2.21. The Morgan fingerprint density at radius 2 is 1.88 bits per heavy atom. The molecule has 0 bridgehead atoms. The van der Waals surface area contributed by atoms with Crippen LogP contribution >= 0.6 is 0 Å². The minimum Gasteiger partial charge on any atom is -0.368 e. The molecule has 1 saturated heterocycles. The molecule has 7 heteroatoms. The Morgan fingerprint density at radius 3 is 2.58 bits per heavy atom. The van der Waals surface area contributed by atoms with Crippen molar-refractivity contribution in [1.82, 2.24) is 15.2 Å². The van der Waals surface area contributed by atoms with Crippen molar-refractivity contribution in [3.63, 3.8) is 0 Å². The lowest BCUT2D eigenvalue weighted by molar-refractivity contribution is -0.114. The number of hydrogen-bond donors (Lipinski definition) is 2. The second-order valence-electron chi connectivity index (χ2n) is 6.19. The summed E-state index contributed by atoms with van der Waals surface area (Å²) in [4.78, 5) is 31.8. The van der Waals surface area contributed by atoms with Gasteiger partial charge in [0.05, 0.1) is 12.2 Å². The van der Waals surface area contributed by atoms with Crippen LogP contribution in [0.25, 0.3) is 0 Å². The summed E-state index contributed by atoms with van der Waals surface area (Å²) in [5.74, 6) is -0.0865. The third kappa shape index (κ3) is 4.72. The molecular formula is C19H23N5O2. The molecule has 2 heterocycles. The fourth-order valence-electron chi connectivity index (χ4n) is 2.93. The van der Waals surface area contributed by atoms with Crippen LogP contribution in [0.15, 0.2) is 48.7 Å². The number of pyridine rings is 1. The molecule has 0 aliphatic carbocycles. The van der Waals surface area contributed by atoms with E-state index in [-0.39, 0.29) is 11.9 Å². The van der Waals surface area contributed by atoms with Gasteiger partial charge in [0, 0.05) is 50.7 Å². The second-order valence-corrected chi connectivity index (χ2v) is 6.19. The van der Waals surface area contributed by atoms with Crippen molar-refractivity contribution in [1.29, 1.82) is 0 Å². The lowest BCUT2D eigenvalue weighted by Gasteiger charge is -2.36. The maximum absolute atomic E-state index is 12.3. The molecule has 0 spiro atoms. The average molecular weight is 353 g/mol. The summed E-state index contributed by atoms with van der Waals surface area (Å²) in [6.45, 7) is 4.73. The third-order valence-corrected chi connectivity index (χ3v) is 4.25. The third-order valence-electron chi connectivity index (χ3n) is 4.25. The summed E-state index contributed by atoms with van der Waals surface area (Å²) in [5, 5.41) is 5.71. The lowest BCUT2D eigenvalue weighted by atomic mass is 10.2. The van der Waals surface area contributed by atoms with Gasteiger partial charge in [-0.3, -0.25) is 9.78 Å². The number of nitrogens with zero attached hydrogens (tertiary/aromatic N) is 3. The summed E-state index contributed by atoms with van der Waals surface area (Å²) in [6.07, 6.45) is 1.72. The van der Waals surface area contributed by atoms with E-state index in [9.17, 15) is 9.59 Å². The lowest BCUT2D eigenvalue weighted by Crippen LogP contribution is -2.51. The maximum Gasteiger partial charge on any atom is 0.317 e. The molecule has 2 aromatic rings. The number of rotatable bonds is 4. The number of hydrogen-bond acceptors (Lipinski definition) is 4. The highest BCUT2D eigenvalue weighted by molar-refractivity contribution is 5.89. The van der Waals surface area contributed by atoms with Gasteiger partial charge in [-0.05, 0) is 30.3 Å². The predicted molar refractivity (Wildman–Crippen MR) is 101 cm³/mol. The van der Waals surface area contributed by atoms with Gasteiger partial charge in [0.15, 0.2) is 0 Å². The molecule has 136 valence electrons. The van der Waals surface area contributed by atoms with E-state index < -0.39 is 0 Å². The first-order valence-electron chi connectivity index (χ1n) is 8.67. The Morgan fingerprint density at radius 1 is 1.08 bits per heavy atom. The van der Waals surface area contributed by atoms with Crippen molar-refractivity contribution in [2.75, 3.05) is 36.4 Å². The molecule has 0 unspecified atom stereocenters. The van der Waals surface area contributed by atoms with E-state index in [1.807, 2.05) is 47.4 Å². The number of urea groups is 1. The number of amides is 3. The average Bonchev–Trinajstić information content (AvgIpc) is 2.67. The molecule has 1 aromatic heterocycles. The monoisotopic (exact) mass is 353 g/mol. The number of carbonyl (C=O) groups excluding carboxylic acids is 2. The van der Waals surface area contributed by atoms with E-state index in [1.54, 1.807) is 6.20 Å². The quantitative estimate of drug-likeness (QED) is 0.882. The van der Waals surface area contributed by atoms with Crippen molar-refractivity contribution in [2.45, 2.75) is 13.5 Å². The van der Waals surface area contributed by atoms with E-state index in [2.05, 4.69) is 20.5 Å². The molecule has 0 atom stereocenters. The van der Waals surface area contributed by atoms with E-state index >= 15 is 0 Å². The van der Waals surface area contributed by atoms with Gasteiger partial charge in [0.25, 0.3) is 0 Å². The molecule has 1 aliphatic heterocycles. The van der Waals surface area contributed by atoms with Crippen LogP contribution < -0.4 is 15.5 Å². The smallest absolute Gasteiger partial charge is 0.317 e. The molecule has 1 aromatic carbocycles. The van der Waals surface area contributed by atoms with Crippen molar-refractivity contribution in [2.24, 2.45) is 0 Å². The number of piperazine rings is 1. The largest absolute Gasteiger partial charge is 0.368 e. The van der Waals surface area contributed by atoms with Crippen LogP contribution in [0, 0.1) is 0 Å². The number of carbonyl (C=O) groups is 2. The van der Waals surface area contributed by atoms with E-state index in [1.165, 1.54) is 6.92 Å². The highest BCUT2D eigenvalue weighted by Gasteiger charge is 2.21. The van der Waals surface area contributed by atoms with Crippen molar-refractivity contribution in [3.8, 4) is 0 Å². The summed E-state index contributed by atoms with van der Waals surface area (Å²) >= 11 is 0. The van der Waals surface area contributed by atoms with Gasteiger partial charge in [0.1, 0.15) is 0 Å². The van der Waals surface area contributed by atoms with Gasteiger partial charge in [-0.1, -0.05) is 12.1 Å².